The van der Waals surface area contributed by atoms with Crippen LogP contribution in [0.25, 0.3) is 0 Å². The lowest BCUT2D eigenvalue weighted by molar-refractivity contribution is -0.123. The molecule has 2 heterocycles. The van der Waals surface area contributed by atoms with Crippen LogP contribution in [0.3, 0.4) is 0 Å². The topological polar surface area (TPSA) is 123 Å². The zero-order valence-corrected chi connectivity index (χ0v) is 16.5. The highest BCUT2D eigenvalue weighted by Crippen LogP contribution is 2.24. The first-order chi connectivity index (χ1) is 13.5. The van der Waals surface area contributed by atoms with Crippen LogP contribution >= 0.6 is 11.8 Å². The van der Waals surface area contributed by atoms with Gasteiger partial charge in [-0.1, -0.05) is 30.3 Å². The van der Waals surface area contributed by atoms with Crippen LogP contribution < -0.4 is 10.6 Å². The molecular formula is C18H22N4O5S. The molecule has 0 spiro atoms. The van der Waals surface area contributed by atoms with E-state index in [-0.39, 0.29) is 5.56 Å². The van der Waals surface area contributed by atoms with Crippen molar-refractivity contribution < 1.29 is 23.6 Å². The largest absolute Gasteiger partial charge is 0.452 e. The molecule has 0 aliphatic heterocycles. The predicted octanol–water partition coefficient (Wildman–Crippen LogP) is 2.45. The van der Waals surface area contributed by atoms with E-state index < -0.39 is 24.5 Å². The Hall–Kier alpha value is -2.88. The van der Waals surface area contributed by atoms with E-state index in [2.05, 4.69) is 20.8 Å². The third-order valence-corrected chi connectivity index (χ3v) is 4.47. The number of carbonyl (C=O) groups excluding carboxylic acids is 3. The summed E-state index contributed by atoms with van der Waals surface area (Å²) in [5, 5.41) is 8.98. The van der Waals surface area contributed by atoms with E-state index in [0.717, 1.165) is 18.5 Å². The molecule has 0 saturated carbocycles. The summed E-state index contributed by atoms with van der Waals surface area (Å²) in [4.78, 5) is 39.7. The van der Waals surface area contributed by atoms with Crippen LogP contribution in [0.5, 0.6) is 0 Å². The number of imide groups is 1. The number of nitrogens with one attached hydrogen (secondary N) is 2. The Morgan fingerprint density at radius 2 is 2.14 bits per heavy atom. The summed E-state index contributed by atoms with van der Waals surface area (Å²) >= 11 is 1.30. The average molecular weight is 406 g/mol. The lowest BCUT2D eigenvalue weighted by atomic mass is 10.3. The van der Waals surface area contributed by atoms with E-state index in [1.165, 1.54) is 11.8 Å². The summed E-state index contributed by atoms with van der Waals surface area (Å²) in [6.07, 6.45) is 3.29. The number of urea groups is 1. The predicted molar refractivity (Wildman–Crippen MR) is 102 cm³/mol. The van der Waals surface area contributed by atoms with Gasteiger partial charge in [-0.2, -0.15) is 0 Å². The van der Waals surface area contributed by atoms with Gasteiger partial charge in [0.2, 0.25) is 0 Å². The van der Waals surface area contributed by atoms with Gasteiger partial charge >= 0.3 is 12.0 Å². The summed E-state index contributed by atoms with van der Waals surface area (Å²) in [6, 6.07) is 4.34. The van der Waals surface area contributed by atoms with Crippen LogP contribution in [0, 0.1) is 6.92 Å². The summed E-state index contributed by atoms with van der Waals surface area (Å²) < 4.78 is 10.0. The third-order valence-electron chi connectivity index (χ3n) is 3.43. The maximum Gasteiger partial charge on any atom is 0.341 e. The first-order valence-corrected chi connectivity index (χ1v) is 9.73. The number of hydrogen-bond donors (Lipinski definition) is 2. The van der Waals surface area contributed by atoms with E-state index in [1.807, 2.05) is 6.92 Å². The summed E-state index contributed by atoms with van der Waals surface area (Å²) in [6.45, 7) is 3.68. The fraction of sp³-hybridized carbons (Fsp3) is 0.389. The van der Waals surface area contributed by atoms with Crippen LogP contribution in [0.2, 0.25) is 0 Å². The van der Waals surface area contributed by atoms with Gasteiger partial charge in [0.25, 0.3) is 5.91 Å². The van der Waals surface area contributed by atoms with E-state index >= 15 is 0 Å². The van der Waals surface area contributed by atoms with Crippen molar-refractivity contribution in [3.05, 3.63) is 41.4 Å². The average Bonchev–Trinajstić information content (AvgIpc) is 3.10. The van der Waals surface area contributed by atoms with Crippen molar-refractivity contribution in [2.45, 2.75) is 37.5 Å². The van der Waals surface area contributed by atoms with Crippen molar-refractivity contribution in [1.29, 1.82) is 0 Å². The molecule has 2 aromatic heterocycles. The van der Waals surface area contributed by atoms with Crippen molar-refractivity contribution in [3.8, 4) is 0 Å². The molecule has 2 rings (SSSR count). The zero-order chi connectivity index (χ0) is 20.4. The first kappa shape index (κ1) is 21.4. The number of carbonyl (C=O) groups is 3. The SMILES string of the molecule is CCCCNC(=O)NC(=O)COC(=O)c1cccnc1SCc1cc(C)on1. The minimum atomic E-state index is -0.710. The zero-order valence-electron chi connectivity index (χ0n) is 15.7. The Balaban J connectivity index is 1.84. The van der Waals surface area contributed by atoms with Crippen molar-refractivity contribution in [2.24, 2.45) is 0 Å². The second-order valence-corrected chi connectivity index (χ2v) is 6.77. The number of unbranched alkanes of at least 4 members (excludes halogenated alkanes) is 1. The Bertz CT molecular complexity index is 824. The van der Waals surface area contributed by atoms with Gasteiger partial charge in [0, 0.05) is 24.6 Å². The lowest BCUT2D eigenvalue weighted by Gasteiger charge is -2.09. The normalized spacial score (nSPS) is 10.4. The van der Waals surface area contributed by atoms with Crippen molar-refractivity contribution in [1.82, 2.24) is 20.8 Å². The number of nitrogens with zero attached hydrogens (tertiary/aromatic N) is 2. The van der Waals surface area contributed by atoms with E-state index in [0.29, 0.717) is 23.1 Å². The fourth-order valence-corrected chi connectivity index (χ4v) is 2.95. The highest BCUT2D eigenvalue weighted by atomic mass is 32.2. The van der Waals surface area contributed by atoms with Crippen LogP contribution in [0.1, 0.15) is 41.6 Å². The van der Waals surface area contributed by atoms with Crippen molar-refractivity contribution in [2.75, 3.05) is 13.2 Å². The molecule has 0 aliphatic rings. The number of amides is 3. The van der Waals surface area contributed by atoms with E-state index in [9.17, 15) is 14.4 Å². The summed E-state index contributed by atoms with van der Waals surface area (Å²) in [7, 11) is 0. The molecule has 0 fully saturated rings. The molecule has 10 heteroatoms. The molecule has 0 unspecified atom stereocenters. The van der Waals surface area contributed by atoms with Gasteiger partial charge in [-0.3, -0.25) is 10.1 Å². The molecule has 0 atom stereocenters. The molecular weight excluding hydrogens is 384 g/mol. The van der Waals surface area contributed by atoms with E-state index in [4.69, 9.17) is 9.26 Å². The Morgan fingerprint density at radius 1 is 1.32 bits per heavy atom. The third kappa shape index (κ3) is 7.03. The van der Waals surface area contributed by atoms with Gasteiger partial charge in [0.15, 0.2) is 6.61 Å². The molecule has 0 aromatic carbocycles. The highest BCUT2D eigenvalue weighted by Gasteiger charge is 2.17. The number of thioether (sulfide) groups is 1. The maximum atomic E-state index is 12.3. The summed E-state index contributed by atoms with van der Waals surface area (Å²) in [5.74, 6) is -0.249. The van der Waals surface area contributed by atoms with Gasteiger partial charge in [-0.25, -0.2) is 14.6 Å². The molecule has 3 amide bonds. The Kier molecular flexibility index (Phi) is 8.47. The van der Waals surface area contributed by atoms with Crippen molar-refractivity contribution >= 4 is 29.7 Å². The Labute approximate surface area is 166 Å². The van der Waals surface area contributed by atoms with Crippen LogP contribution in [0.15, 0.2) is 33.9 Å². The van der Waals surface area contributed by atoms with E-state index in [1.54, 1.807) is 31.3 Å². The number of esters is 1. The minimum Gasteiger partial charge on any atom is -0.452 e. The molecule has 2 aromatic rings. The van der Waals surface area contributed by atoms with Crippen LogP contribution in [-0.2, 0) is 15.3 Å². The first-order valence-electron chi connectivity index (χ1n) is 8.74. The van der Waals surface area contributed by atoms with Gasteiger partial charge in [0.05, 0.1) is 11.3 Å². The number of rotatable bonds is 9. The quantitative estimate of drug-likeness (QED) is 0.370. The Morgan fingerprint density at radius 3 is 2.86 bits per heavy atom. The number of hydrogen-bond acceptors (Lipinski definition) is 8. The standard InChI is InChI=1S/C18H22N4O5S/c1-3-4-7-20-18(25)21-15(23)10-26-17(24)14-6-5-8-19-16(14)28-11-13-9-12(2)27-22-13/h5-6,8-9H,3-4,7,10-11H2,1-2H3,(H2,20,21,23,25). The van der Waals surface area contributed by atoms with Gasteiger partial charge in [0.1, 0.15) is 10.8 Å². The molecule has 9 nitrogen and oxygen atoms in total. The smallest absolute Gasteiger partial charge is 0.341 e. The molecule has 0 saturated heterocycles. The number of pyridine rings is 1. The number of aryl methyl sites for hydroxylation is 1. The van der Waals surface area contributed by atoms with Crippen LogP contribution in [-0.4, -0.2) is 41.2 Å². The lowest BCUT2D eigenvalue weighted by Crippen LogP contribution is -2.41. The second kappa shape index (κ2) is 11.1. The number of ether oxygens (including phenoxy) is 1. The number of aromatic nitrogens is 2. The van der Waals surface area contributed by atoms with Gasteiger partial charge in [-0.05, 0) is 25.5 Å². The second-order valence-electron chi connectivity index (χ2n) is 5.81. The molecule has 150 valence electrons. The molecule has 0 radical (unpaired) electrons. The molecule has 0 bridgehead atoms. The highest BCUT2D eigenvalue weighted by molar-refractivity contribution is 7.98. The summed E-state index contributed by atoms with van der Waals surface area (Å²) in [5.41, 5.74) is 0.953. The minimum absolute atomic E-state index is 0.230. The molecule has 28 heavy (non-hydrogen) atoms. The van der Waals surface area contributed by atoms with Gasteiger partial charge in [-0.15, -0.1) is 0 Å². The van der Waals surface area contributed by atoms with Gasteiger partial charge < -0.3 is 14.6 Å². The molecule has 2 N–H and O–H groups in total. The van der Waals surface area contributed by atoms with Crippen LogP contribution in [0.4, 0.5) is 4.79 Å². The fourth-order valence-electron chi connectivity index (χ4n) is 2.08. The van der Waals surface area contributed by atoms with Crippen molar-refractivity contribution in [3.63, 3.8) is 0 Å². The maximum absolute atomic E-state index is 12.3. The molecule has 0 aliphatic carbocycles. The monoisotopic (exact) mass is 406 g/mol.